The Balaban J connectivity index is 1.80. The van der Waals surface area contributed by atoms with Gasteiger partial charge in [-0.05, 0) is 38.3 Å². The molecule has 2 aromatic rings. The van der Waals surface area contributed by atoms with E-state index in [1.54, 1.807) is 0 Å². The van der Waals surface area contributed by atoms with Crippen LogP contribution in [0.25, 0.3) is 5.52 Å². The van der Waals surface area contributed by atoms with E-state index in [4.69, 9.17) is 0 Å². The highest BCUT2D eigenvalue weighted by molar-refractivity contribution is 5.69. The molecule has 0 radical (unpaired) electrons. The van der Waals surface area contributed by atoms with Crippen LogP contribution in [0, 0.1) is 12.8 Å². The minimum atomic E-state index is 0.539. The van der Waals surface area contributed by atoms with Gasteiger partial charge in [-0.15, -0.1) is 0 Å². The normalized spacial score (nSPS) is 19.0. The molecule has 21 heavy (non-hydrogen) atoms. The van der Waals surface area contributed by atoms with Crippen LogP contribution in [0.3, 0.4) is 0 Å². The van der Waals surface area contributed by atoms with Gasteiger partial charge >= 0.3 is 0 Å². The van der Waals surface area contributed by atoms with Gasteiger partial charge in [0.15, 0.2) is 5.82 Å². The van der Waals surface area contributed by atoms with Crippen molar-refractivity contribution in [3.05, 3.63) is 24.2 Å². The number of aromatic nitrogens is 3. The van der Waals surface area contributed by atoms with Crippen LogP contribution in [-0.4, -0.2) is 40.3 Å². The van der Waals surface area contributed by atoms with Gasteiger partial charge in [-0.3, -0.25) is 0 Å². The summed E-state index contributed by atoms with van der Waals surface area (Å²) in [5.74, 6) is 1.77. The number of hydrogen-bond donors (Lipinski definition) is 1. The van der Waals surface area contributed by atoms with Crippen molar-refractivity contribution < 1.29 is 0 Å². The Morgan fingerprint density at radius 1 is 1.43 bits per heavy atom. The Hall–Kier alpha value is -1.62. The van der Waals surface area contributed by atoms with E-state index in [-0.39, 0.29) is 0 Å². The summed E-state index contributed by atoms with van der Waals surface area (Å²) in [5.41, 5.74) is 2.16. The van der Waals surface area contributed by atoms with Crippen LogP contribution < -0.4 is 10.2 Å². The summed E-state index contributed by atoms with van der Waals surface area (Å²) in [6.45, 7) is 9.72. The maximum Gasteiger partial charge on any atom is 0.154 e. The van der Waals surface area contributed by atoms with Gasteiger partial charge in [0.2, 0.25) is 0 Å². The first-order chi connectivity index (χ1) is 10.1. The third-order valence-corrected chi connectivity index (χ3v) is 4.07. The first kappa shape index (κ1) is 14.3. The number of nitrogens with zero attached hydrogens (tertiary/aromatic N) is 4. The Morgan fingerprint density at radius 3 is 3.10 bits per heavy atom. The molecular formula is C16H25N5. The van der Waals surface area contributed by atoms with Crippen molar-refractivity contribution >= 4 is 11.3 Å². The van der Waals surface area contributed by atoms with Crippen molar-refractivity contribution in [3.8, 4) is 0 Å². The minimum Gasteiger partial charge on any atom is -0.351 e. The van der Waals surface area contributed by atoms with Crippen molar-refractivity contribution in [1.29, 1.82) is 0 Å². The van der Waals surface area contributed by atoms with Gasteiger partial charge in [0, 0.05) is 31.5 Å². The molecule has 0 spiro atoms. The molecule has 1 N–H and O–H groups in total. The molecule has 3 heterocycles. The molecular weight excluding hydrogens is 262 g/mol. The summed E-state index contributed by atoms with van der Waals surface area (Å²) in [5, 5.41) is 8.08. The van der Waals surface area contributed by atoms with Gasteiger partial charge < -0.3 is 10.2 Å². The van der Waals surface area contributed by atoms with E-state index in [9.17, 15) is 0 Å². The Bertz CT molecular complexity index is 604. The predicted octanol–water partition coefficient (Wildman–Crippen LogP) is 2.25. The number of aryl methyl sites for hydroxylation is 1. The lowest BCUT2D eigenvalue weighted by Crippen LogP contribution is -2.39. The fourth-order valence-electron chi connectivity index (χ4n) is 3.12. The molecule has 2 aromatic heterocycles. The zero-order valence-corrected chi connectivity index (χ0v) is 13.2. The maximum absolute atomic E-state index is 4.63. The summed E-state index contributed by atoms with van der Waals surface area (Å²) < 4.78 is 1.94. The molecule has 1 aliphatic heterocycles. The molecule has 1 fully saturated rings. The highest BCUT2D eigenvalue weighted by Gasteiger charge is 2.27. The van der Waals surface area contributed by atoms with Gasteiger partial charge in [0.1, 0.15) is 5.52 Å². The summed E-state index contributed by atoms with van der Waals surface area (Å²) in [4.78, 5) is 7.08. The van der Waals surface area contributed by atoms with Crippen molar-refractivity contribution in [2.24, 2.45) is 5.92 Å². The Morgan fingerprint density at radius 2 is 2.29 bits per heavy atom. The van der Waals surface area contributed by atoms with Gasteiger partial charge in [-0.25, -0.2) is 9.50 Å². The van der Waals surface area contributed by atoms with Gasteiger partial charge in [0.05, 0.1) is 5.69 Å². The second kappa shape index (κ2) is 6.02. The Labute approximate surface area is 126 Å². The topological polar surface area (TPSA) is 45.5 Å². The smallest absolute Gasteiger partial charge is 0.154 e. The van der Waals surface area contributed by atoms with E-state index in [2.05, 4.69) is 40.2 Å². The average Bonchev–Trinajstić information content (AvgIpc) is 3.03. The zero-order valence-electron chi connectivity index (χ0n) is 13.2. The number of hydrogen-bond acceptors (Lipinski definition) is 4. The number of fused-ring (bicyclic) bond motifs is 1. The molecule has 0 saturated carbocycles. The van der Waals surface area contributed by atoms with Crippen molar-refractivity contribution in [2.45, 2.75) is 39.7 Å². The third kappa shape index (κ3) is 3.02. The lowest BCUT2D eigenvalue weighted by atomic mass is 10.2. The average molecular weight is 287 g/mol. The van der Waals surface area contributed by atoms with Crippen LogP contribution in [0.2, 0.25) is 0 Å². The second-order valence-corrected chi connectivity index (χ2v) is 6.41. The second-order valence-electron chi connectivity index (χ2n) is 6.41. The standard InChI is InChI=1S/C16H25N5/c1-12(2)10-17-11-14-5-4-7-20(14)16-15-9-13(3)19-21(15)8-6-18-16/h6,8-9,12,14,17H,4-5,7,10-11H2,1-3H3. The molecule has 0 bridgehead atoms. The first-order valence-corrected chi connectivity index (χ1v) is 7.93. The molecule has 1 saturated heterocycles. The van der Waals surface area contributed by atoms with Crippen LogP contribution >= 0.6 is 0 Å². The quantitative estimate of drug-likeness (QED) is 0.916. The summed E-state index contributed by atoms with van der Waals surface area (Å²) >= 11 is 0. The molecule has 5 heteroatoms. The molecule has 114 valence electrons. The highest BCUT2D eigenvalue weighted by Crippen LogP contribution is 2.27. The van der Waals surface area contributed by atoms with E-state index in [0.717, 1.165) is 36.7 Å². The lowest BCUT2D eigenvalue weighted by Gasteiger charge is -2.26. The molecule has 5 nitrogen and oxygen atoms in total. The highest BCUT2D eigenvalue weighted by atomic mass is 15.3. The SMILES string of the molecule is Cc1cc2c(N3CCCC3CNCC(C)C)nccn2n1. The van der Waals surface area contributed by atoms with Crippen LogP contribution in [0.15, 0.2) is 18.5 Å². The fourth-order valence-corrected chi connectivity index (χ4v) is 3.12. The van der Waals surface area contributed by atoms with Gasteiger partial charge in [-0.1, -0.05) is 13.8 Å². The number of anilines is 1. The summed E-state index contributed by atoms with van der Waals surface area (Å²) in [6.07, 6.45) is 6.25. The number of rotatable bonds is 5. The minimum absolute atomic E-state index is 0.539. The van der Waals surface area contributed by atoms with Crippen LogP contribution in [-0.2, 0) is 0 Å². The largest absolute Gasteiger partial charge is 0.351 e. The lowest BCUT2D eigenvalue weighted by molar-refractivity contribution is 0.511. The molecule has 1 unspecified atom stereocenters. The summed E-state index contributed by atoms with van der Waals surface area (Å²) in [7, 11) is 0. The third-order valence-electron chi connectivity index (χ3n) is 4.07. The van der Waals surface area contributed by atoms with E-state index < -0.39 is 0 Å². The summed E-state index contributed by atoms with van der Waals surface area (Å²) in [6, 6.07) is 2.66. The van der Waals surface area contributed by atoms with Gasteiger partial charge in [0.25, 0.3) is 0 Å². The van der Waals surface area contributed by atoms with E-state index in [1.807, 2.05) is 23.8 Å². The van der Waals surface area contributed by atoms with Gasteiger partial charge in [-0.2, -0.15) is 5.10 Å². The van der Waals surface area contributed by atoms with E-state index in [0.29, 0.717) is 12.0 Å². The van der Waals surface area contributed by atoms with E-state index >= 15 is 0 Å². The van der Waals surface area contributed by atoms with Crippen molar-refractivity contribution in [2.75, 3.05) is 24.5 Å². The van der Waals surface area contributed by atoms with Crippen LogP contribution in [0.5, 0.6) is 0 Å². The van der Waals surface area contributed by atoms with E-state index in [1.165, 1.54) is 12.8 Å². The molecule has 3 rings (SSSR count). The zero-order chi connectivity index (χ0) is 14.8. The first-order valence-electron chi connectivity index (χ1n) is 7.93. The molecule has 0 aliphatic carbocycles. The molecule has 1 aliphatic rings. The molecule has 0 amide bonds. The van der Waals surface area contributed by atoms with Crippen LogP contribution in [0.1, 0.15) is 32.4 Å². The maximum atomic E-state index is 4.63. The monoisotopic (exact) mass is 287 g/mol. The number of nitrogens with one attached hydrogen (secondary N) is 1. The van der Waals surface area contributed by atoms with Crippen molar-refractivity contribution in [1.82, 2.24) is 19.9 Å². The van der Waals surface area contributed by atoms with Crippen LogP contribution in [0.4, 0.5) is 5.82 Å². The molecule has 0 aromatic carbocycles. The molecule has 1 atom stereocenters. The Kier molecular flexibility index (Phi) is 4.10. The van der Waals surface area contributed by atoms with Crippen molar-refractivity contribution in [3.63, 3.8) is 0 Å². The fraction of sp³-hybridized carbons (Fsp3) is 0.625. The predicted molar refractivity (Wildman–Crippen MR) is 85.8 cm³/mol.